The van der Waals surface area contributed by atoms with Gasteiger partial charge in [0.25, 0.3) is 0 Å². The van der Waals surface area contributed by atoms with Crippen LogP contribution in [0.1, 0.15) is 5.69 Å². The average Bonchev–Trinajstić information content (AvgIpc) is 2.58. The third kappa shape index (κ3) is 1.36. The first-order chi connectivity index (χ1) is 6.33. The Labute approximate surface area is 75.2 Å². The molecule has 0 amide bonds. The Morgan fingerprint density at radius 1 is 1.54 bits per heavy atom. The van der Waals surface area contributed by atoms with Crippen molar-refractivity contribution in [3.8, 4) is 5.88 Å². The number of rotatable bonds is 2. The molecule has 2 N–H and O–H groups in total. The maximum Gasteiger partial charge on any atom is 0.213 e. The Morgan fingerprint density at radius 2 is 2.38 bits per heavy atom. The topological polar surface area (TPSA) is 58.1 Å². The van der Waals surface area contributed by atoms with E-state index >= 15 is 0 Å². The highest BCUT2D eigenvalue weighted by Crippen LogP contribution is 2.16. The molecule has 2 rings (SSSR count). The van der Waals surface area contributed by atoms with Crippen LogP contribution in [0.5, 0.6) is 5.88 Å². The first-order valence-corrected chi connectivity index (χ1v) is 3.97. The van der Waals surface area contributed by atoms with Crippen molar-refractivity contribution in [2.45, 2.75) is 6.61 Å². The number of aromatic amines is 1. The Kier molecular flexibility index (Phi) is 1.90. The molecule has 4 heteroatoms. The van der Waals surface area contributed by atoms with E-state index in [1.165, 1.54) is 0 Å². The SMILES string of the molecule is COc1ccc2[nH]c(CO)cc2n1. The van der Waals surface area contributed by atoms with Crippen molar-refractivity contribution in [1.29, 1.82) is 0 Å². The summed E-state index contributed by atoms with van der Waals surface area (Å²) in [7, 11) is 1.58. The number of aliphatic hydroxyl groups is 1. The van der Waals surface area contributed by atoms with Crippen molar-refractivity contribution in [3.05, 3.63) is 23.9 Å². The first kappa shape index (κ1) is 8.07. The van der Waals surface area contributed by atoms with Crippen LogP contribution in [0, 0.1) is 0 Å². The van der Waals surface area contributed by atoms with Gasteiger partial charge in [-0.25, -0.2) is 4.98 Å². The van der Waals surface area contributed by atoms with Gasteiger partial charge in [-0.1, -0.05) is 0 Å². The second kappa shape index (κ2) is 3.06. The molecule has 2 heterocycles. The molecule has 0 saturated carbocycles. The second-order valence-electron chi connectivity index (χ2n) is 2.74. The number of H-pyrrole nitrogens is 1. The minimum absolute atomic E-state index is 0.00131. The predicted octanol–water partition coefficient (Wildman–Crippen LogP) is 1.06. The lowest BCUT2D eigenvalue weighted by Crippen LogP contribution is -1.85. The zero-order valence-corrected chi connectivity index (χ0v) is 7.24. The zero-order valence-electron chi connectivity index (χ0n) is 7.24. The van der Waals surface area contributed by atoms with Crippen LogP contribution in [0.25, 0.3) is 11.0 Å². The van der Waals surface area contributed by atoms with E-state index in [-0.39, 0.29) is 6.61 Å². The molecule has 0 aliphatic carbocycles. The molecule has 2 aromatic heterocycles. The highest BCUT2D eigenvalue weighted by Gasteiger charge is 2.01. The summed E-state index contributed by atoms with van der Waals surface area (Å²) < 4.78 is 4.98. The molecule has 2 aromatic rings. The molecule has 13 heavy (non-hydrogen) atoms. The van der Waals surface area contributed by atoms with Crippen molar-refractivity contribution < 1.29 is 9.84 Å². The minimum atomic E-state index is -0.00131. The quantitative estimate of drug-likeness (QED) is 0.723. The summed E-state index contributed by atoms with van der Waals surface area (Å²) in [5.41, 5.74) is 2.48. The minimum Gasteiger partial charge on any atom is -0.481 e. The van der Waals surface area contributed by atoms with Gasteiger partial charge in [0, 0.05) is 11.8 Å². The Morgan fingerprint density at radius 3 is 3.08 bits per heavy atom. The molecular formula is C9H10N2O2. The van der Waals surface area contributed by atoms with Crippen molar-refractivity contribution in [1.82, 2.24) is 9.97 Å². The molecule has 0 spiro atoms. The van der Waals surface area contributed by atoms with Crippen LogP contribution < -0.4 is 4.74 Å². The highest BCUT2D eigenvalue weighted by atomic mass is 16.5. The van der Waals surface area contributed by atoms with Crippen LogP contribution in [0.2, 0.25) is 0 Å². The van der Waals surface area contributed by atoms with Crippen molar-refractivity contribution in [3.63, 3.8) is 0 Å². The summed E-state index contributed by atoms with van der Waals surface area (Å²) >= 11 is 0. The number of ether oxygens (including phenoxy) is 1. The smallest absolute Gasteiger partial charge is 0.213 e. The van der Waals surface area contributed by atoms with Crippen LogP contribution in [0.15, 0.2) is 18.2 Å². The summed E-state index contributed by atoms with van der Waals surface area (Å²) in [5.74, 6) is 0.580. The summed E-state index contributed by atoms with van der Waals surface area (Å²) in [4.78, 5) is 7.23. The third-order valence-corrected chi connectivity index (χ3v) is 1.88. The number of aromatic nitrogens is 2. The maximum absolute atomic E-state index is 8.87. The van der Waals surface area contributed by atoms with Gasteiger partial charge < -0.3 is 14.8 Å². The number of nitrogens with zero attached hydrogens (tertiary/aromatic N) is 1. The summed E-state index contributed by atoms with van der Waals surface area (Å²) in [6.45, 7) is -0.00131. The molecule has 68 valence electrons. The van der Waals surface area contributed by atoms with Gasteiger partial charge in [0.2, 0.25) is 5.88 Å². The molecule has 0 unspecified atom stereocenters. The van der Waals surface area contributed by atoms with E-state index in [4.69, 9.17) is 9.84 Å². The van der Waals surface area contributed by atoms with Gasteiger partial charge in [-0.2, -0.15) is 0 Å². The maximum atomic E-state index is 8.87. The fourth-order valence-corrected chi connectivity index (χ4v) is 1.24. The number of aliphatic hydroxyl groups excluding tert-OH is 1. The number of methoxy groups -OCH3 is 1. The first-order valence-electron chi connectivity index (χ1n) is 3.97. The van der Waals surface area contributed by atoms with Crippen molar-refractivity contribution in [2.75, 3.05) is 7.11 Å². The van der Waals surface area contributed by atoms with E-state index in [0.29, 0.717) is 5.88 Å². The average molecular weight is 178 g/mol. The van der Waals surface area contributed by atoms with Crippen LogP contribution in [0.3, 0.4) is 0 Å². The number of pyridine rings is 1. The normalized spacial score (nSPS) is 10.6. The molecule has 0 radical (unpaired) electrons. The van der Waals surface area contributed by atoms with Gasteiger partial charge in [-0.3, -0.25) is 0 Å². The lowest BCUT2D eigenvalue weighted by atomic mass is 10.4. The standard InChI is InChI=1S/C9H10N2O2/c1-13-9-3-2-7-8(11-9)4-6(5-12)10-7/h2-4,10,12H,5H2,1H3. The van der Waals surface area contributed by atoms with E-state index in [1.54, 1.807) is 19.2 Å². The van der Waals surface area contributed by atoms with Crippen LogP contribution >= 0.6 is 0 Å². The van der Waals surface area contributed by atoms with Gasteiger partial charge in [-0.15, -0.1) is 0 Å². The Hall–Kier alpha value is -1.55. The van der Waals surface area contributed by atoms with E-state index < -0.39 is 0 Å². The van der Waals surface area contributed by atoms with Crippen LogP contribution in [0.4, 0.5) is 0 Å². The van der Waals surface area contributed by atoms with E-state index in [9.17, 15) is 0 Å². The van der Waals surface area contributed by atoms with Crippen LogP contribution in [-0.2, 0) is 6.61 Å². The summed E-state index contributed by atoms with van der Waals surface area (Å²) in [6.07, 6.45) is 0. The van der Waals surface area contributed by atoms with E-state index in [1.807, 2.05) is 6.07 Å². The van der Waals surface area contributed by atoms with E-state index in [0.717, 1.165) is 16.7 Å². The molecule has 0 saturated heterocycles. The molecule has 0 aromatic carbocycles. The number of nitrogens with one attached hydrogen (secondary N) is 1. The van der Waals surface area contributed by atoms with E-state index in [2.05, 4.69) is 9.97 Å². The number of hydrogen-bond acceptors (Lipinski definition) is 3. The Balaban J connectivity index is 2.57. The summed E-state index contributed by atoms with van der Waals surface area (Å²) in [5, 5.41) is 8.87. The van der Waals surface area contributed by atoms with Crippen molar-refractivity contribution >= 4 is 11.0 Å². The molecule has 0 atom stereocenters. The molecule has 0 bridgehead atoms. The third-order valence-electron chi connectivity index (χ3n) is 1.88. The lowest BCUT2D eigenvalue weighted by Gasteiger charge is -1.96. The largest absolute Gasteiger partial charge is 0.481 e. The zero-order chi connectivity index (χ0) is 9.26. The van der Waals surface area contributed by atoms with Crippen molar-refractivity contribution in [2.24, 2.45) is 0 Å². The van der Waals surface area contributed by atoms with Gasteiger partial charge >= 0.3 is 0 Å². The highest BCUT2D eigenvalue weighted by molar-refractivity contribution is 5.76. The predicted molar refractivity (Wildman–Crippen MR) is 48.6 cm³/mol. The molecule has 0 aliphatic heterocycles. The second-order valence-corrected chi connectivity index (χ2v) is 2.74. The Bertz CT molecular complexity index is 420. The molecular weight excluding hydrogens is 168 g/mol. The van der Waals surface area contributed by atoms with Gasteiger partial charge in [0.1, 0.15) is 0 Å². The monoisotopic (exact) mass is 178 g/mol. The molecule has 0 fully saturated rings. The molecule has 4 nitrogen and oxygen atoms in total. The van der Waals surface area contributed by atoms with Gasteiger partial charge in [-0.05, 0) is 12.1 Å². The van der Waals surface area contributed by atoms with Crippen LogP contribution in [-0.4, -0.2) is 22.2 Å². The van der Waals surface area contributed by atoms with Gasteiger partial charge in [0.05, 0.1) is 24.8 Å². The lowest BCUT2D eigenvalue weighted by molar-refractivity contribution is 0.278. The number of fused-ring (bicyclic) bond motifs is 1. The molecule has 0 aliphatic rings. The fraction of sp³-hybridized carbons (Fsp3) is 0.222. The fourth-order valence-electron chi connectivity index (χ4n) is 1.24. The van der Waals surface area contributed by atoms with Gasteiger partial charge in [0.15, 0.2) is 0 Å². The number of hydrogen-bond donors (Lipinski definition) is 2. The summed E-state index contributed by atoms with van der Waals surface area (Å²) in [6, 6.07) is 5.46.